The lowest BCUT2D eigenvalue weighted by molar-refractivity contribution is -0.147. The van der Waals surface area contributed by atoms with E-state index in [0.717, 1.165) is 11.3 Å². The van der Waals surface area contributed by atoms with Gasteiger partial charge in [-0.05, 0) is 32.9 Å². The molecule has 0 amide bonds. The molecule has 1 aromatic carbocycles. The van der Waals surface area contributed by atoms with Gasteiger partial charge >= 0.3 is 5.97 Å². The first-order chi connectivity index (χ1) is 8.47. The maximum atomic E-state index is 10.9. The summed E-state index contributed by atoms with van der Waals surface area (Å²) in [5.74, 6) is 0.0871. The number of carbonyl (C=O) groups is 1. The third-order valence-corrected chi connectivity index (χ3v) is 3.01. The van der Waals surface area contributed by atoms with Gasteiger partial charge in [0.2, 0.25) is 0 Å². The van der Waals surface area contributed by atoms with Crippen LogP contribution in [0.1, 0.15) is 25.8 Å². The number of hydrogen-bond acceptors (Lipinski definition) is 3. The number of para-hydroxylation sites is 1. The molecule has 0 aromatic heterocycles. The highest BCUT2D eigenvalue weighted by molar-refractivity contribution is 5.73. The summed E-state index contributed by atoms with van der Waals surface area (Å²) in [7, 11) is 1.65. The average Bonchev–Trinajstić information content (AvgIpc) is 2.35. The van der Waals surface area contributed by atoms with E-state index in [2.05, 4.69) is 5.32 Å². The van der Waals surface area contributed by atoms with E-state index in [1.807, 2.05) is 24.3 Å². The summed E-state index contributed by atoms with van der Waals surface area (Å²) in [6.07, 6.45) is 0.595. The lowest BCUT2D eigenvalue weighted by Crippen LogP contribution is -2.28. The van der Waals surface area contributed by atoms with E-state index in [-0.39, 0.29) is 0 Å². The summed E-state index contributed by atoms with van der Waals surface area (Å²) in [5.41, 5.74) is 0.390. The number of methoxy groups -OCH3 is 1. The molecule has 0 aliphatic heterocycles. The average molecular weight is 251 g/mol. The fraction of sp³-hybridized carbons (Fsp3) is 0.500. The van der Waals surface area contributed by atoms with Gasteiger partial charge in [-0.25, -0.2) is 0 Å². The molecule has 1 aromatic rings. The van der Waals surface area contributed by atoms with Crippen LogP contribution in [0.4, 0.5) is 0 Å². The summed E-state index contributed by atoms with van der Waals surface area (Å²) in [4.78, 5) is 10.9. The highest BCUT2D eigenvalue weighted by Gasteiger charge is 2.26. The Labute approximate surface area is 108 Å². The number of carboxylic acid groups (broad SMARTS) is 1. The van der Waals surface area contributed by atoms with E-state index in [9.17, 15) is 4.79 Å². The van der Waals surface area contributed by atoms with Crippen LogP contribution >= 0.6 is 0 Å². The molecule has 0 fully saturated rings. The van der Waals surface area contributed by atoms with Crippen LogP contribution in [0.5, 0.6) is 5.75 Å². The molecule has 4 nitrogen and oxygen atoms in total. The van der Waals surface area contributed by atoms with Crippen molar-refractivity contribution in [2.45, 2.75) is 26.8 Å². The van der Waals surface area contributed by atoms with Crippen molar-refractivity contribution in [3.8, 4) is 5.75 Å². The Morgan fingerprint density at radius 1 is 1.39 bits per heavy atom. The van der Waals surface area contributed by atoms with Gasteiger partial charge < -0.3 is 15.2 Å². The van der Waals surface area contributed by atoms with Crippen molar-refractivity contribution in [1.82, 2.24) is 5.32 Å². The lowest BCUT2D eigenvalue weighted by atomic mass is 9.90. The quantitative estimate of drug-likeness (QED) is 0.730. The molecule has 0 saturated heterocycles. The third kappa shape index (κ3) is 4.04. The predicted molar refractivity (Wildman–Crippen MR) is 70.7 cm³/mol. The summed E-state index contributed by atoms with van der Waals surface area (Å²) in [5, 5.41) is 12.2. The van der Waals surface area contributed by atoms with Crippen LogP contribution in [0.3, 0.4) is 0 Å². The summed E-state index contributed by atoms with van der Waals surface area (Å²) >= 11 is 0. The first-order valence-electron chi connectivity index (χ1n) is 6.03. The molecule has 0 atom stereocenters. The van der Waals surface area contributed by atoms with Crippen LogP contribution in [0.15, 0.2) is 24.3 Å². The highest BCUT2D eigenvalue weighted by atomic mass is 16.5. The second-order valence-corrected chi connectivity index (χ2v) is 4.93. The Morgan fingerprint density at radius 2 is 2.06 bits per heavy atom. The van der Waals surface area contributed by atoms with Gasteiger partial charge in [-0.2, -0.15) is 0 Å². The maximum absolute atomic E-state index is 10.9. The fourth-order valence-corrected chi connectivity index (χ4v) is 1.58. The van der Waals surface area contributed by atoms with Gasteiger partial charge in [0.05, 0.1) is 12.5 Å². The molecule has 1 rings (SSSR count). The molecule has 100 valence electrons. The molecule has 0 saturated carbocycles. The van der Waals surface area contributed by atoms with Gasteiger partial charge in [0, 0.05) is 12.1 Å². The fourth-order valence-electron chi connectivity index (χ4n) is 1.58. The van der Waals surface area contributed by atoms with Crippen molar-refractivity contribution in [3.05, 3.63) is 29.8 Å². The number of nitrogens with one attached hydrogen (secondary N) is 1. The smallest absolute Gasteiger partial charge is 0.309 e. The Balaban J connectivity index is 2.41. The van der Waals surface area contributed by atoms with Crippen molar-refractivity contribution in [3.63, 3.8) is 0 Å². The minimum Gasteiger partial charge on any atom is -0.496 e. The van der Waals surface area contributed by atoms with Crippen molar-refractivity contribution in [2.24, 2.45) is 5.41 Å². The second kappa shape index (κ2) is 6.40. The van der Waals surface area contributed by atoms with Crippen molar-refractivity contribution < 1.29 is 14.6 Å². The normalized spacial score (nSPS) is 11.3. The molecule has 0 radical (unpaired) electrons. The van der Waals surface area contributed by atoms with Crippen LogP contribution in [-0.4, -0.2) is 24.7 Å². The third-order valence-electron chi connectivity index (χ3n) is 3.01. The Morgan fingerprint density at radius 3 is 2.67 bits per heavy atom. The van der Waals surface area contributed by atoms with Crippen molar-refractivity contribution in [1.29, 1.82) is 0 Å². The van der Waals surface area contributed by atoms with E-state index < -0.39 is 11.4 Å². The van der Waals surface area contributed by atoms with E-state index in [1.54, 1.807) is 21.0 Å². The molecule has 2 N–H and O–H groups in total. The maximum Gasteiger partial charge on any atom is 0.309 e. The summed E-state index contributed by atoms with van der Waals surface area (Å²) in [6, 6.07) is 7.79. The zero-order valence-corrected chi connectivity index (χ0v) is 11.2. The molecule has 18 heavy (non-hydrogen) atoms. The number of benzene rings is 1. The monoisotopic (exact) mass is 251 g/mol. The van der Waals surface area contributed by atoms with Gasteiger partial charge in [-0.15, -0.1) is 0 Å². The minimum atomic E-state index is -0.762. The molecular formula is C14H21NO3. The number of carboxylic acids is 1. The van der Waals surface area contributed by atoms with Crippen LogP contribution in [0, 0.1) is 5.41 Å². The highest BCUT2D eigenvalue weighted by Crippen LogP contribution is 2.20. The molecule has 0 aliphatic carbocycles. The van der Waals surface area contributed by atoms with Gasteiger partial charge in [-0.3, -0.25) is 4.79 Å². The molecule has 4 heteroatoms. The standard InChI is InChI=1S/C14H21NO3/c1-14(2,13(16)17)8-9-15-10-11-6-4-5-7-12(11)18-3/h4-7,15H,8-10H2,1-3H3,(H,16,17). The lowest BCUT2D eigenvalue weighted by Gasteiger charge is -2.19. The van der Waals surface area contributed by atoms with Crippen LogP contribution in [0.25, 0.3) is 0 Å². The zero-order chi connectivity index (χ0) is 13.6. The van der Waals surface area contributed by atoms with E-state index in [1.165, 1.54) is 0 Å². The predicted octanol–water partition coefficient (Wildman–Crippen LogP) is 2.29. The van der Waals surface area contributed by atoms with Crippen LogP contribution < -0.4 is 10.1 Å². The molecule has 0 heterocycles. The molecular weight excluding hydrogens is 230 g/mol. The topological polar surface area (TPSA) is 58.6 Å². The second-order valence-electron chi connectivity index (χ2n) is 4.93. The first kappa shape index (κ1) is 14.5. The Kier molecular flexibility index (Phi) is 5.16. The van der Waals surface area contributed by atoms with Gasteiger partial charge in [0.25, 0.3) is 0 Å². The SMILES string of the molecule is COc1ccccc1CNCCC(C)(C)C(=O)O. The van der Waals surface area contributed by atoms with Crippen LogP contribution in [0.2, 0.25) is 0 Å². The first-order valence-corrected chi connectivity index (χ1v) is 6.03. The number of rotatable bonds is 7. The van der Waals surface area contributed by atoms with E-state index >= 15 is 0 Å². The molecule has 0 unspecified atom stereocenters. The number of hydrogen-bond donors (Lipinski definition) is 2. The summed E-state index contributed by atoms with van der Waals surface area (Å²) in [6.45, 7) is 4.82. The van der Waals surface area contributed by atoms with E-state index in [4.69, 9.17) is 9.84 Å². The number of aliphatic carboxylic acids is 1. The minimum absolute atomic E-state index is 0.595. The zero-order valence-electron chi connectivity index (χ0n) is 11.2. The van der Waals surface area contributed by atoms with E-state index in [0.29, 0.717) is 19.5 Å². The molecule has 0 aliphatic rings. The number of ether oxygens (including phenoxy) is 1. The Bertz CT molecular complexity index is 402. The van der Waals surface area contributed by atoms with Crippen molar-refractivity contribution >= 4 is 5.97 Å². The van der Waals surface area contributed by atoms with Gasteiger partial charge in [0.1, 0.15) is 5.75 Å². The van der Waals surface area contributed by atoms with Crippen molar-refractivity contribution in [2.75, 3.05) is 13.7 Å². The Hall–Kier alpha value is -1.55. The molecule has 0 bridgehead atoms. The summed E-state index contributed by atoms with van der Waals surface area (Å²) < 4.78 is 5.25. The van der Waals surface area contributed by atoms with Gasteiger partial charge in [-0.1, -0.05) is 18.2 Å². The van der Waals surface area contributed by atoms with Gasteiger partial charge in [0.15, 0.2) is 0 Å². The molecule has 0 spiro atoms. The largest absolute Gasteiger partial charge is 0.496 e. The van der Waals surface area contributed by atoms with Crippen LogP contribution in [-0.2, 0) is 11.3 Å².